The zero-order chi connectivity index (χ0) is 16.8. The van der Waals surface area contributed by atoms with Gasteiger partial charge in [-0.25, -0.2) is 0 Å². The van der Waals surface area contributed by atoms with Crippen molar-refractivity contribution in [2.45, 2.75) is 25.5 Å². The van der Waals surface area contributed by atoms with E-state index in [1.807, 2.05) is 0 Å². The molecule has 1 N–H and O–H groups in total. The molecule has 1 unspecified atom stereocenters. The predicted molar refractivity (Wildman–Crippen MR) is 92.7 cm³/mol. The van der Waals surface area contributed by atoms with E-state index in [4.69, 9.17) is 10.00 Å². The van der Waals surface area contributed by atoms with E-state index in [0.29, 0.717) is 17.9 Å². The van der Waals surface area contributed by atoms with Crippen molar-refractivity contribution < 1.29 is 9.84 Å². The average molecular weight is 322 g/mol. The molecule has 0 spiro atoms. The van der Waals surface area contributed by atoms with Gasteiger partial charge < -0.3 is 9.84 Å². The number of rotatable bonds is 5. The summed E-state index contributed by atoms with van der Waals surface area (Å²) in [6.07, 6.45) is 1.68. The molecule has 0 saturated heterocycles. The maximum atomic E-state index is 10.3. The number of benzene rings is 2. The van der Waals surface area contributed by atoms with Crippen LogP contribution in [0.15, 0.2) is 48.5 Å². The number of nitrogens with zero attached hydrogens (tertiary/aromatic N) is 2. The molecule has 1 atom stereocenters. The Kier molecular flexibility index (Phi) is 5.47. The van der Waals surface area contributed by atoms with Crippen molar-refractivity contribution in [3.8, 4) is 11.8 Å². The Morgan fingerprint density at radius 3 is 2.62 bits per heavy atom. The fourth-order valence-corrected chi connectivity index (χ4v) is 3.09. The lowest BCUT2D eigenvalue weighted by Gasteiger charge is -2.23. The molecule has 24 heavy (non-hydrogen) atoms. The SMILES string of the molecule is N#Cc1ccc(OCC(O)CN2CCCc3ccccc3C2)cc1. The molecule has 4 heteroatoms. The molecule has 124 valence electrons. The Morgan fingerprint density at radius 1 is 1.12 bits per heavy atom. The Balaban J connectivity index is 1.51. The number of fused-ring (bicyclic) bond motifs is 1. The van der Waals surface area contributed by atoms with Gasteiger partial charge in [-0.3, -0.25) is 4.90 Å². The van der Waals surface area contributed by atoms with Crippen molar-refractivity contribution >= 4 is 0 Å². The van der Waals surface area contributed by atoms with Gasteiger partial charge in [-0.2, -0.15) is 5.26 Å². The number of ether oxygens (including phenoxy) is 1. The van der Waals surface area contributed by atoms with Crippen LogP contribution in [0.25, 0.3) is 0 Å². The van der Waals surface area contributed by atoms with E-state index >= 15 is 0 Å². The fraction of sp³-hybridized carbons (Fsp3) is 0.350. The summed E-state index contributed by atoms with van der Waals surface area (Å²) in [5, 5.41) is 19.1. The molecular weight excluding hydrogens is 300 g/mol. The molecular formula is C20H22N2O2. The van der Waals surface area contributed by atoms with Crippen LogP contribution in [0.3, 0.4) is 0 Å². The summed E-state index contributed by atoms with van der Waals surface area (Å²) in [4.78, 5) is 2.29. The van der Waals surface area contributed by atoms with Crippen LogP contribution in [0.4, 0.5) is 0 Å². The van der Waals surface area contributed by atoms with Crippen LogP contribution in [0.2, 0.25) is 0 Å². The van der Waals surface area contributed by atoms with Crippen molar-refractivity contribution in [1.29, 1.82) is 5.26 Å². The normalized spacial score (nSPS) is 15.8. The van der Waals surface area contributed by atoms with Gasteiger partial charge in [0.25, 0.3) is 0 Å². The lowest BCUT2D eigenvalue weighted by molar-refractivity contribution is 0.0661. The third-order valence-electron chi connectivity index (χ3n) is 4.33. The van der Waals surface area contributed by atoms with Crippen molar-refractivity contribution in [3.05, 3.63) is 65.2 Å². The van der Waals surface area contributed by atoms with Crippen LogP contribution < -0.4 is 4.74 Å². The summed E-state index contributed by atoms with van der Waals surface area (Å²) in [6, 6.07) is 17.6. The van der Waals surface area contributed by atoms with Gasteiger partial charge >= 0.3 is 0 Å². The summed E-state index contributed by atoms with van der Waals surface area (Å²) >= 11 is 0. The molecule has 0 radical (unpaired) electrons. The van der Waals surface area contributed by atoms with Crippen LogP contribution in [-0.4, -0.2) is 35.8 Å². The number of hydrogen-bond acceptors (Lipinski definition) is 4. The summed E-state index contributed by atoms with van der Waals surface area (Å²) < 4.78 is 5.62. The first-order chi connectivity index (χ1) is 11.7. The minimum absolute atomic E-state index is 0.254. The van der Waals surface area contributed by atoms with Crippen LogP contribution in [0.5, 0.6) is 5.75 Å². The average Bonchev–Trinajstić information content (AvgIpc) is 2.82. The quantitative estimate of drug-likeness (QED) is 0.919. The molecule has 2 aromatic rings. The van der Waals surface area contributed by atoms with E-state index in [0.717, 1.165) is 25.9 Å². The highest BCUT2D eigenvalue weighted by Gasteiger charge is 2.17. The van der Waals surface area contributed by atoms with Gasteiger partial charge in [0.05, 0.1) is 11.6 Å². The summed E-state index contributed by atoms with van der Waals surface area (Å²) in [7, 11) is 0. The van der Waals surface area contributed by atoms with Crippen molar-refractivity contribution in [3.63, 3.8) is 0 Å². The molecule has 0 fully saturated rings. The fourth-order valence-electron chi connectivity index (χ4n) is 3.09. The van der Waals surface area contributed by atoms with Gasteiger partial charge in [-0.1, -0.05) is 24.3 Å². The number of nitriles is 1. The summed E-state index contributed by atoms with van der Waals surface area (Å²) in [5.74, 6) is 0.675. The monoisotopic (exact) mass is 322 g/mol. The lowest BCUT2D eigenvalue weighted by Crippen LogP contribution is -2.35. The van der Waals surface area contributed by atoms with Crippen LogP contribution in [0.1, 0.15) is 23.1 Å². The second-order valence-electron chi connectivity index (χ2n) is 6.21. The van der Waals surface area contributed by atoms with Gasteiger partial charge in [0.1, 0.15) is 18.5 Å². The highest BCUT2D eigenvalue weighted by Crippen LogP contribution is 2.18. The molecule has 0 aromatic heterocycles. The first kappa shape index (κ1) is 16.5. The highest BCUT2D eigenvalue weighted by molar-refractivity contribution is 5.34. The smallest absolute Gasteiger partial charge is 0.119 e. The van der Waals surface area contributed by atoms with E-state index in [1.165, 1.54) is 11.1 Å². The third-order valence-corrected chi connectivity index (χ3v) is 4.33. The maximum Gasteiger partial charge on any atom is 0.119 e. The zero-order valence-electron chi connectivity index (χ0n) is 13.7. The largest absolute Gasteiger partial charge is 0.491 e. The molecule has 0 saturated carbocycles. The molecule has 1 aliphatic heterocycles. The number of aliphatic hydroxyl groups excluding tert-OH is 1. The van der Waals surface area contributed by atoms with Crippen LogP contribution in [-0.2, 0) is 13.0 Å². The molecule has 0 bridgehead atoms. The summed E-state index contributed by atoms with van der Waals surface area (Å²) in [6.45, 7) is 2.72. The molecule has 0 amide bonds. The van der Waals surface area contributed by atoms with E-state index in [-0.39, 0.29) is 6.61 Å². The third kappa shape index (κ3) is 4.35. The molecule has 0 aliphatic carbocycles. The first-order valence-corrected chi connectivity index (χ1v) is 8.35. The van der Waals surface area contributed by atoms with Gasteiger partial charge in [-0.15, -0.1) is 0 Å². The molecule has 3 rings (SSSR count). The molecule has 1 heterocycles. The Labute approximate surface area is 142 Å². The van der Waals surface area contributed by atoms with E-state index < -0.39 is 6.10 Å². The second kappa shape index (κ2) is 7.96. The minimum Gasteiger partial charge on any atom is -0.491 e. The minimum atomic E-state index is -0.536. The topological polar surface area (TPSA) is 56.5 Å². The van der Waals surface area contributed by atoms with Gasteiger partial charge in [0.2, 0.25) is 0 Å². The predicted octanol–water partition coefficient (Wildman–Crippen LogP) is 2.75. The van der Waals surface area contributed by atoms with Gasteiger partial charge in [0, 0.05) is 13.1 Å². The highest BCUT2D eigenvalue weighted by atomic mass is 16.5. The van der Waals surface area contributed by atoms with Crippen LogP contribution in [0, 0.1) is 11.3 Å². The first-order valence-electron chi connectivity index (χ1n) is 8.35. The Morgan fingerprint density at radius 2 is 1.88 bits per heavy atom. The molecule has 4 nitrogen and oxygen atoms in total. The zero-order valence-corrected chi connectivity index (χ0v) is 13.7. The standard InChI is InChI=1S/C20H22N2O2/c21-12-16-7-9-20(10-8-16)24-15-19(23)14-22-11-3-6-17-4-1-2-5-18(17)13-22/h1-2,4-5,7-10,19,23H,3,6,11,13-15H2. The van der Waals surface area contributed by atoms with Gasteiger partial charge in [0.15, 0.2) is 0 Å². The second-order valence-corrected chi connectivity index (χ2v) is 6.21. The number of aryl methyl sites for hydroxylation is 1. The number of β-amino-alcohol motifs (C(OH)–C–C–N with tert-alkyl or cyclic N) is 1. The van der Waals surface area contributed by atoms with Crippen molar-refractivity contribution in [1.82, 2.24) is 4.90 Å². The Bertz CT molecular complexity index is 706. The van der Waals surface area contributed by atoms with Crippen LogP contribution >= 0.6 is 0 Å². The van der Waals surface area contributed by atoms with E-state index in [2.05, 4.69) is 35.2 Å². The van der Waals surface area contributed by atoms with Crippen molar-refractivity contribution in [2.24, 2.45) is 0 Å². The van der Waals surface area contributed by atoms with E-state index in [1.54, 1.807) is 24.3 Å². The van der Waals surface area contributed by atoms with Crippen molar-refractivity contribution in [2.75, 3.05) is 19.7 Å². The number of aliphatic hydroxyl groups is 1. The summed E-state index contributed by atoms with van der Waals surface area (Å²) in [5.41, 5.74) is 3.38. The van der Waals surface area contributed by atoms with E-state index in [9.17, 15) is 5.11 Å². The number of hydrogen-bond donors (Lipinski definition) is 1. The molecule has 1 aliphatic rings. The van der Waals surface area contributed by atoms with Gasteiger partial charge in [-0.05, 0) is 54.8 Å². The Hall–Kier alpha value is -2.35. The lowest BCUT2D eigenvalue weighted by atomic mass is 10.0. The molecule has 2 aromatic carbocycles. The maximum absolute atomic E-state index is 10.3.